The van der Waals surface area contributed by atoms with Crippen LogP contribution < -0.4 is 4.90 Å². The Morgan fingerprint density at radius 1 is 0.375 bits per heavy atom. The molecule has 1 aliphatic rings. The molecule has 0 saturated heterocycles. The van der Waals surface area contributed by atoms with Crippen molar-refractivity contribution < 1.29 is 0 Å². The highest BCUT2D eigenvalue weighted by Gasteiger charge is 2.22. The van der Waals surface area contributed by atoms with Crippen LogP contribution in [0.25, 0.3) is 87.9 Å². The fourth-order valence-corrected chi connectivity index (χ4v) is 10.6. The van der Waals surface area contributed by atoms with Crippen molar-refractivity contribution in [1.82, 2.24) is 13.7 Å². The Morgan fingerprint density at radius 3 is 1.69 bits per heavy atom. The van der Waals surface area contributed by atoms with Crippen LogP contribution in [0.1, 0.15) is 12.5 Å². The van der Waals surface area contributed by atoms with Crippen LogP contribution in [0.4, 0.5) is 17.1 Å². The average Bonchev–Trinajstić information content (AvgIpc) is 4.00. The lowest BCUT2D eigenvalue weighted by molar-refractivity contribution is 0.648. The van der Waals surface area contributed by atoms with Gasteiger partial charge in [0.2, 0.25) is 0 Å². The van der Waals surface area contributed by atoms with E-state index in [4.69, 9.17) is 0 Å². The Hall–Kier alpha value is -8.34. The molecular formula is C60H42N4. The molecule has 3 aromatic heterocycles. The number of hydrogen-bond donors (Lipinski definition) is 0. The lowest BCUT2D eigenvalue weighted by Gasteiger charge is -2.25. The number of nitrogens with zero attached hydrogens (tertiary/aromatic N) is 4. The quantitative estimate of drug-likeness (QED) is 0.157. The molecule has 0 N–H and O–H groups in total. The molecule has 3 heterocycles. The van der Waals surface area contributed by atoms with Gasteiger partial charge >= 0.3 is 0 Å². The fourth-order valence-electron chi connectivity index (χ4n) is 10.6. The van der Waals surface area contributed by atoms with Crippen molar-refractivity contribution in [3.05, 3.63) is 237 Å². The maximum Gasteiger partial charge on any atom is 0.0561 e. The Morgan fingerprint density at radius 2 is 0.953 bits per heavy atom. The smallest absolute Gasteiger partial charge is 0.0561 e. The zero-order chi connectivity index (χ0) is 42.1. The summed E-state index contributed by atoms with van der Waals surface area (Å²) >= 11 is 0. The summed E-state index contributed by atoms with van der Waals surface area (Å²) in [5, 5.41) is 7.50. The van der Waals surface area contributed by atoms with Gasteiger partial charge in [-0.05, 0) is 102 Å². The molecule has 64 heavy (non-hydrogen) atoms. The average molecular weight is 819 g/mol. The predicted molar refractivity (Wildman–Crippen MR) is 270 cm³/mol. The summed E-state index contributed by atoms with van der Waals surface area (Å²) in [6.45, 7) is 0. The van der Waals surface area contributed by atoms with E-state index in [-0.39, 0.29) is 6.04 Å². The first-order chi connectivity index (χ1) is 31.8. The molecule has 0 radical (unpaired) electrons. The van der Waals surface area contributed by atoms with Crippen LogP contribution in [0.15, 0.2) is 237 Å². The van der Waals surface area contributed by atoms with E-state index in [0.717, 1.165) is 45.9 Å². The molecule has 1 unspecified atom stereocenters. The number of rotatable bonds is 7. The van der Waals surface area contributed by atoms with Gasteiger partial charge < -0.3 is 18.6 Å². The zero-order valence-corrected chi connectivity index (χ0v) is 35.1. The Bertz CT molecular complexity index is 3770. The van der Waals surface area contributed by atoms with Crippen molar-refractivity contribution in [2.75, 3.05) is 4.90 Å². The molecule has 9 aromatic carbocycles. The van der Waals surface area contributed by atoms with Crippen molar-refractivity contribution in [3.8, 4) is 22.5 Å². The van der Waals surface area contributed by atoms with Crippen molar-refractivity contribution in [3.63, 3.8) is 0 Å². The summed E-state index contributed by atoms with van der Waals surface area (Å²) in [6, 6.07) is 78.0. The van der Waals surface area contributed by atoms with E-state index in [2.05, 4.69) is 255 Å². The van der Waals surface area contributed by atoms with Crippen LogP contribution in [-0.4, -0.2) is 13.7 Å². The van der Waals surface area contributed by atoms with Gasteiger partial charge in [0, 0.05) is 66.3 Å². The second kappa shape index (κ2) is 14.6. The van der Waals surface area contributed by atoms with E-state index in [1.54, 1.807) is 0 Å². The standard InChI is InChI=1S/C60H42N4/c1-5-18-42(19-6-1)61(43-20-7-2-8-21-43)46-33-36-51-52-37-34-47(40-59(52)63(58(51)39-46)45-24-11-4-12-25-45)64-54-29-15-13-26-49(54)50-35-32-41(38-57(50)64)48-28-17-31-56-60(48)53-27-14-16-30-55(53)62(56)44-22-9-3-10-23-44/h1-22,24-40,44H,23H2. The van der Waals surface area contributed by atoms with Crippen molar-refractivity contribution in [1.29, 1.82) is 0 Å². The largest absolute Gasteiger partial charge is 0.333 e. The summed E-state index contributed by atoms with van der Waals surface area (Å²) in [6.07, 6.45) is 9.94. The van der Waals surface area contributed by atoms with Crippen molar-refractivity contribution in [2.45, 2.75) is 12.5 Å². The highest BCUT2D eigenvalue weighted by atomic mass is 15.1. The summed E-state index contributed by atoms with van der Waals surface area (Å²) in [5.74, 6) is 0. The first kappa shape index (κ1) is 36.3. The minimum Gasteiger partial charge on any atom is -0.333 e. The molecule has 0 bridgehead atoms. The van der Waals surface area contributed by atoms with E-state index >= 15 is 0 Å². The van der Waals surface area contributed by atoms with Crippen LogP contribution in [0.3, 0.4) is 0 Å². The van der Waals surface area contributed by atoms with E-state index in [1.165, 1.54) is 65.5 Å². The van der Waals surface area contributed by atoms with E-state index in [9.17, 15) is 0 Å². The van der Waals surface area contributed by atoms with Crippen LogP contribution in [-0.2, 0) is 0 Å². The number of allylic oxidation sites excluding steroid dienone is 4. The molecule has 0 saturated carbocycles. The molecule has 13 rings (SSSR count). The van der Waals surface area contributed by atoms with Gasteiger partial charge in [0.05, 0.1) is 33.6 Å². The second-order valence-corrected chi connectivity index (χ2v) is 16.9. The topological polar surface area (TPSA) is 18.0 Å². The van der Waals surface area contributed by atoms with Gasteiger partial charge in [-0.3, -0.25) is 0 Å². The summed E-state index contributed by atoms with van der Waals surface area (Å²) < 4.78 is 7.45. The SMILES string of the molecule is C1=CCC(n2c3ccccc3c3c(-c4ccc5c6ccccc6n(-c6ccc7c8ccc(N(c9ccccc9)c9ccccc9)cc8n(-c8ccccc8)c7c6)c5c4)cccc32)C=C1. The number of para-hydroxylation sites is 5. The van der Waals surface area contributed by atoms with Crippen LogP contribution >= 0.6 is 0 Å². The van der Waals surface area contributed by atoms with Gasteiger partial charge in [0.15, 0.2) is 0 Å². The summed E-state index contributed by atoms with van der Waals surface area (Å²) in [5.41, 5.74) is 15.3. The molecule has 0 aliphatic heterocycles. The number of hydrogen-bond acceptors (Lipinski definition) is 1. The van der Waals surface area contributed by atoms with Crippen molar-refractivity contribution in [2.24, 2.45) is 0 Å². The molecule has 4 nitrogen and oxygen atoms in total. The third-order valence-corrected chi connectivity index (χ3v) is 13.3. The summed E-state index contributed by atoms with van der Waals surface area (Å²) in [7, 11) is 0. The molecule has 0 amide bonds. The van der Waals surface area contributed by atoms with Crippen LogP contribution in [0.5, 0.6) is 0 Å². The Kier molecular flexibility index (Phi) is 8.31. The Labute approximate surface area is 371 Å². The van der Waals surface area contributed by atoms with Gasteiger partial charge in [-0.2, -0.15) is 0 Å². The number of aromatic nitrogens is 3. The third-order valence-electron chi connectivity index (χ3n) is 13.3. The van der Waals surface area contributed by atoms with Gasteiger partial charge in [-0.15, -0.1) is 0 Å². The maximum absolute atomic E-state index is 2.54. The number of fused-ring (bicyclic) bond motifs is 9. The lowest BCUT2D eigenvalue weighted by Crippen LogP contribution is -2.09. The first-order valence-electron chi connectivity index (χ1n) is 22.2. The third kappa shape index (κ3) is 5.62. The van der Waals surface area contributed by atoms with E-state index in [0.29, 0.717) is 0 Å². The molecule has 1 atom stereocenters. The molecule has 1 aliphatic carbocycles. The molecule has 4 heteroatoms. The van der Waals surface area contributed by atoms with Gasteiger partial charge in [-0.1, -0.05) is 152 Å². The predicted octanol–water partition coefficient (Wildman–Crippen LogP) is 16.2. The van der Waals surface area contributed by atoms with Crippen LogP contribution in [0.2, 0.25) is 0 Å². The highest BCUT2D eigenvalue weighted by molar-refractivity contribution is 6.17. The van der Waals surface area contributed by atoms with Gasteiger partial charge in [-0.25, -0.2) is 0 Å². The van der Waals surface area contributed by atoms with Crippen LogP contribution in [0, 0.1) is 0 Å². The lowest BCUT2D eigenvalue weighted by atomic mass is 9.98. The molecule has 0 spiro atoms. The fraction of sp³-hybridized carbons (Fsp3) is 0.0333. The first-order valence-corrected chi connectivity index (χ1v) is 22.2. The van der Waals surface area contributed by atoms with E-state index < -0.39 is 0 Å². The minimum atomic E-state index is 0.271. The molecule has 0 fully saturated rings. The van der Waals surface area contributed by atoms with Gasteiger partial charge in [0.25, 0.3) is 0 Å². The van der Waals surface area contributed by atoms with Crippen molar-refractivity contribution >= 4 is 82.5 Å². The number of anilines is 3. The molecule has 12 aromatic rings. The second-order valence-electron chi connectivity index (χ2n) is 16.9. The normalized spacial score (nSPS) is 13.9. The van der Waals surface area contributed by atoms with Gasteiger partial charge in [0.1, 0.15) is 0 Å². The summed E-state index contributed by atoms with van der Waals surface area (Å²) in [4.78, 5) is 2.34. The monoisotopic (exact) mass is 818 g/mol. The Balaban J connectivity index is 1.03. The molecule has 302 valence electrons. The minimum absolute atomic E-state index is 0.271. The zero-order valence-electron chi connectivity index (χ0n) is 35.1. The highest BCUT2D eigenvalue weighted by Crippen LogP contribution is 2.44. The molecular weight excluding hydrogens is 777 g/mol. The van der Waals surface area contributed by atoms with E-state index in [1.807, 2.05) is 0 Å². The maximum atomic E-state index is 2.54. The number of benzene rings is 9.